The van der Waals surface area contributed by atoms with Crippen LogP contribution in [0.5, 0.6) is 0 Å². The smallest absolute Gasteiger partial charge is 0.341 e. The molecule has 0 saturated heterocycles. The van der Waals surface area contributed by atoms with E-state index in [1.165, 1.54) is 50.6 Å². The minimum atomic E-state index is -1.20. The van der Waals surface area contributed by atoms with Crippen molar-refractivity contribution in [1.82, 2.24) is 49.1 Å². The lowest BCUT2D eigenvalue weighted by Gasteiger charge is -2.06. The third-order valence-electron chi connectivity index (χ3n) is 6.35. The maximum atomic E-state index is 11.5. The van der Waals surface area contributed by atoms with Gasteiger partial charge in [-0.2, -0.15) is 29.8 Å². The molecule has 0 aliphatic carbocycles. The van der Waals surface area contributed by atoms with Gasteiger partial charge in [-0.15, -0.1) is 20.5 Å². The summed E-state index contributed by atoms with van der Waals surface area (Å²) in [5.74, 6) is -1.64. The van der Waals surface area contributed by atoms with Crippen molar-refractivity contribution in [2.75, 3.05) is 11.5 Å². The average molecular weight is 603 g/mol. The summed E-state index contributed by atoms with van der Waals surface area (Å²) in [7, 11) is 3.08. The first-order chi connectivity index (χ1) is 21.0. The number of aryl methyl sites for hydroxylation is 4. The minimum absolute atomic E-state index is 0.0287. The van der Waals surface area contributed by atoms with Gasteiger partial charge in [0.05, 0.1) is 23.8 Å². The SMILES string of the molecule is CCCc1nn(-c2cc(-n3nc(C)c(N=Nc4c(C(=O)O)cnn4C)c3N)ncn2)c(N)c1N=Nc1c(C(=O)O)cnn1C. The summed E-state index contributed by atoms with van der Waals surface area (Å²) in [6, 6.07) is 1.54. The van der Waals surface area contributed by atoms with Crippen molar-refractivity contribution >= 4 is 46.6 Å². The number of nitrogen functional groups attached to an aromatic ring is 2. The van der Waals surface area contributed by atoms with E-state index in [-0.39, 0.29) is 57.4 Å². The van der Waals surface area contributed by atoms with Crippen LogP contribution in [0.15, 0.2) is 45.2 Å². The normalized spacial score (nSPS) is 11.7. The molecular formula is C24H26N16O4. The van der Waals surface area contributed by atoms with Gasteiger partial charge in [-0.25, -0.2) is 28.9 Å². The molecule has 0 saturated carbocycles. The largest absolute Gasteiger partial charge is 0.477 e. The summed E-state index contributed by atoms with van der Waals surface area (Å²) in [6.45, 7) is 3.61. The summed E-state index contributed by atoms with van der Waals surface area (Å²) < 4.78 is 5.24. The van der Waals surface area contributed by atoms with Crippen LogP contribution in [0.25, 0.3) is 11.6 Å². The highest BCUT2D eigenvalue weighted by Crippen LogP contribution is 2.34. The van der Waals surface area contributed by atoms with E-state index in [2.05, 4.69) is 50.8 Å². The number of hydrogen-bond donors (Lipinski definition) is 4. The lowest BCUT2D eigenvalue weighted by Crippen LogP contribution is -2.09. The Hall–Kier alpha value is -6.34. The van der Waals surface area contributed by atoms with Gasteiger partial charge in [-0.1, -0.05) is 13.3 Å². The summed E-state index contributed by atoms with van der Waals surface area (Å²) in [6.07, 6.45) is 4.84. The van der Waals surface area contributed by atoms with Gasteiger partial charge in [0, 0.05) is 20.2 Å². The van der Waals surface area contributed by atoms with Crippen LogP contribution < -0.4 is 11.5 Å². The highest BCUT2D eigenvalue weighted by Gasteiger charge is 2.22. The van der Waals surface area contributed by atoms with Gasteiger partial charge >= 0.3 is 11.9 Å². The summed E-state index contributed by atoms with van der Waals surface area (Å²) in [4.78, 5) is 31.6. The fraction of sp³-hybridized carbons (Fsp3) is 0.250. The molecule has 0 aliphatic rings. The second-order valence-electron chi connectivity index (χ2n) is 9.33. The molecule has 0 atom stereocenters. The quantitative estimate of drug-likeness (QED) is 0.168. The van der Waals surface area contributed by atoms with Gasteiger partial charge in [-0.3, -0.25) is 0 Å². The van der Waals surface area contributed by atoms with Crippen molar-refractivity contribution < 1.29 is 19.8 Å². The standard InChI is InChI=1S/C24H26N16O4/c1-5-6-14-18(32-34-22-13(24(43)44)9-30-38(22)4)20(26)40(36-14)16-7-15(27-10-28-16)39-19(25)17(11(2)35-39)31-33-21-12(23(41)42)8-29-37(21)3/h7-10H,5-6,25-26H2,1-4H3,(H,41,42)(H,43,44). The van der Waals surface area contributed by atoms with Gasteiger partial charge < -0.3 is 21.7 Å². The molecule has 6 N–H and O–H groups in total. The average Bonchev–Trinajstić information content (AvgIpc) is 3.71. The third-order valence-corrected chi connectivity index (χ3v) is 6.35. The number of azo groups is 2. The fourth-order valence-corrected chi connectivity index (χ4v) is 4.16. The van der Waals surface area contributed by atoms with Crippen LogP contribution >= 0.6 is 0 Å². The van der Waals surface area contributed by atoms with E-state index < -0.39 is 11.9 Å². The first-order valence-electron chi connectivity index (χ1n) is 12.9. The molecule has 5 aromatic heterocycles. The molecule has 0 unspecified atom stereocenters. The second kappa shape index (κ2) is 11.5. The highest BCUT2D eigenvalue weighted by atomic mass is 16.4. The molecule has 5 heterocycles. The Kier molecular flexibility index (Phi) is 7.62. The van der Waals surface area contributed by atoms with E-state index in [0.29, 0.717) is 24.2 Å². The summed E-state index contributed by atoms with van der Waals surface area (Å²) >= 11 is 0. The number of aromatic carboxylic acids is 2. The molecule has 0 aromatic carbocycles. The number of nitrogens with two attached hydrogens (primary N) is 2. The first kappa shape index (κ1) is 29.2. The lowest BCUT2D eigenvalue weighted by molar-refractivity contribution is 0.0686. The zero-order chi connectivity index (χ0) is 31.7. The Morgan fingerprint density at radius 2 is 1.32 bits per heavy atom. The van der Waals surface area contributed by atoms with Crippen molar-refractivity contribution in [1.29, 1.82) is 0 Å². The Morgan fingerprint density at radius 1 is 0.818 bits per heavy atom. The van der Waals surface area contributed by atoms with Crippen LogP contribution in [-0.2, 0) is 20.5 Å². The van der Waals surface area contributed by atoms with E-state index in [1.807, 2.05) is 6.92 Å². The van der Waals surface area contributed by atoms with Gasteiger partial charge in [0.1, 0.15) is 17.5 Å². The van der Waals surface area contributed by atoms with E-state index in [9.17, 15) is 19.8 Å². The van der Waals surface area contributed by atoms with Crippen molar-refractivity contribution in [3.63, 3.8) is 0 Å². The molecule has 20 nitrogen and oxygen atoms in total. The lowest BCUT2D eigenvalue weighted by atomic mass is 10.2. The van der Waals surface area contributed by atoms with E-state index in [4.69, 9.17) is 11.5 Å². The van der Waals surface area contributed by atoms with Gasteiger partial charge in [-0.05, 0) is 13.3 Å². The van der Waals surface area contributed by atoms with Crippen LogP contribution in [0, 0.1) is 6.92 Å². The van der Waals surface area contributed by atoms with Crippen LogP contribution in [-0.4, -0.2) is 71.2 Å². The molecule has 44 heavy (non-hydrogen) atoms. The molecule has 226 valence electrons. The molecule has 20 heteroatoms. The molecule has 0 fully saturated rings. The van der Waals surface area contributed by atoms with Gasteiger partial charge in [0.15, 0.2) is 46.3 Å². The fourth-order valence-electron chi connectivity index (χ4n) is 4.16. The molecular weight excluding hydrogens is 576 g/mol. The summed E-state index contributed by atoms with van der Waals surface area (Å²) in [5.41, 5.74) is 13.9. The Morgan fingerprint density at radius 3 is 1.84 bits per heavy atom. The Labute approximate surface area is 247 Å². The van der Waals surface area contributed by atoms with Gasteiger partial charge in [0.2, 0.25) is 0 Å². The Bertz CT molecular complexity index is 1960. The number of nitrogens with zero attached hydrogens (tertiary/aromatic N) is 14. The highest BCUT2D eigenvalue weighted by molar-refractivity contribution is 5.92. The van der Waals surface area contributed by atoms with Crippen molar-refractivity contribution in [2.45, 2.75) is 26.7 Å². The topological polar surface area (TPSA) is 273 Å². The molecule has 0 bridgehead atoms. The predicted molar refractivity (Wildman–Crippen MR) is 153 cm³/mol. The molecule has 0 spiro atoms. The summed E-state index contributed by atoms with van der Waals surface area (Å²) in [5, 5.41) is 52.2. The monoisotopic (exact) mass is 602 g/mol. The Balaban J connectivity index is 1.51. The van der Waals surface area contributed by atoms with E-state index in [0.717, 1.165) is 0 Å². The number of aromatic nitrogens is 10. The van der Waals surface area contributed by atoms with Crippen LogP contribution in [0.1, 0.15) is 45.4 Å². The van der Waals surface area contributed by atoms with E-state index in [1.54, 1.807) is 14.0 Å². The number of carboxylic acids is 2. The minimum Gasteiger partial charge on any atom is -0.477 e. The van der Waals surface area contributed by atoms with E-state index >= 15 is 0 Å². The van der Waals surface area contributed by atoms with Crippen molar-refractivity contribution in [2.24, 2.45) is 34.6 Å². The molecule has 0 amide bonds. The second-order valence-corrected chi connectivity index (χ2v) is 9.33. The third kappa shape index (κ3) is 5.21. The van der Waals surface area contributed by atoms with Crippen molar-refractivity contribution in [3.8, 4) is 11.6 Å². The number of carboxylic acid groups (broad SMARTS) is 2. The number of rotatable bonds is 10. The maximum absolute atomic E-state index is 11.5. The zero-order valence-corrected chi connectivity index (χ0v) is 23.9. The zero-order valence-electron chi connectivity index (χ0n) is 23.9. The molecule has 0 radical (unpaired) electrons. The van der Waals surface area contributed by atoms with Crippen LogP contribution in [0.4, 0.5) is 34.6 Å². The number of anilines is 2. The van der Waals surface area contributed by atoms with Crippen LogP contribution in [0.2, 0.25) is 0 Å². The number of carbonyl (C=O) groups is 2. The van der Waals surface area contributed by atoms with Crippen LogP contribution in [0.3, 0.4) is 0 Å². The molecule has 0 aliphatic heterocycles. The number of hydrogen-bond acceptors (Lipinski definition) is 14. The van der Waals surface area contributed by atoms with Gasteiger partial charge in [0.25, 0.3) is 0 Å². The predicted octanol–water partition coefficient (Wildman–Crippen LogP) is 2.97. The molecule has 5 rings (SSSR count). The maximum Gasteiger partial charge on any atom is 0.341 e. The van der Waals surface area contributed by atoms with Crippen molar-refractivity contribution in [3.05, 3.63) is 47.3 Å². The molecule has 5 aromatic rings. The first-order valence-corrected chi connectivity index (χ1v) is 12.9.